The Labute approximate surface area is 166 Å². The monoisotopic (exact) mass is 384 g/mol. The molecule has 1 aromatic carbocycles. The summed E-state index contributed by atoms with van der Waals surface area (Å²) in [6, 6.07) is 4.69. The van der Waals surface area contributed by atoms with Gasteiger partial charge >= 0.3 is 0 Å². The minimum absolute atomic E-state index is 0.126. The van der Waals surface area contributed by atoms with Gasteiger partial charge in [-0.3, -0.25) is 9.79 Å². The smallest absolute Gasteiger partial charge is 0.169 e. The van der Waals surface area contributed by atoms with Crippen molar-refractivity contribution in [3.8, 4) is 0 Å². The Kier molecular flexibility index (Phi) is 7.15. The quantitative estimate of drug-likeness (QED) is 0.436. The third kappa shape index (κ3) is 4.76. The van der Waals surface area contributed by atoms with E-state index in [0.717, 1.165) is 44.9 Å². The first-order valence-electron chi connectivity index (χ1n) is 10.2. The second-order valence-electron chi connectivity index (χ2n) is 7.54. The van der Waals surface area contributed by atoms with E-state index in [4.69, 9.17) is 10.5 Å². The summed E-state index contributed by atoms with van der Waals surface area (Å²) in [6.07, 6.45) is 11.4. The Hall–Kier alpha value is -2.27. The molecule has 0 bridgehead atoms. The number of ether oxygens (including phenoxy) is 1. The predicted octanol–water partition coefficient (Wildman–Crippen LogP) is 4.79. The average molecular weight is 384 g/mol. The van der Waals surface area contributed by atoms with Crippen molar-refractivity contribution < 1.29 is 13.9 Å². The third-order valence-electron chi connectivity index (χ3n) is 5.68. The Morgan fingerprint density at radius 3 is 2.68 bits per heavy atom. The van der Waals surface area contributed by atoms with E-state index in [9.17, 15) is 9.18 Å². The van der Waals surface area contributed by atoms with Crippen molar-refractivity contribution in [3.63, 3.8) is 0 Å². The molecule has 0 spiro atoms. The van der Waals surface area contributed by atoms with Gasteiger partial charge in [-0.2, -0.15) is 0 Å². The fourth-order valence-electron chi connectivity index (χ4n) is 4.13. The van der Waals surface area contributed by atoms with Crippen LogP contribution in [-0.2, 0) is 4.74 Å². The third-order valence-corrected chi connectivity index (χ3v) is 5.68. The molecule has 4 nitrogen and oxygen atoms in total. The van der Waals surface area contributed by atoms with Crippen LogP contribution in [0.15, 0.2) is 48.1 Å². The molecule has 1 aromatic rings. The molecule has 2 N–H and O–H groups in total. The SMILES string of the molecule is C=CC1CCCCC1C(=O)c1ccc(C(C=CN)=NC2CCCCO2)cc1F. The van der Waals surface area contributed by atoms with Crippen LogP contribution in [-0.4, -0.2) is 24.3 Å². The van der Waals surface area contributed by atoms with Crippen LogP contribution < -0.4 is 5.73 Å². The number of halogens is 1. The van der Waals surface area contributed by atoms with E-state index < -0.39 is 5.82 Å². The van der Waals surface area contributed by atoms with E-state index in [1.54, 1.807) is 18.2 Å². The number of nitrogens with two attached hydrogens (primary N) is 1. The van der Waals surface area contributed by atoms with Gasteiger partial charge in [0, 0.05) is 18.1 Å². The van der Waals surface area contributed by atoms with Crippen LogP contribution in [0.5, 0.6) is 0 Å². The van der Waals surface area contributed by atoms with Gasteiger partial charge in [0.25, 0.3) is 0 Å². The van der Waals surface area contributed by atoms with E-state index in [0.29, 0.717) is 17.9 Å². The number of nitrogens with zero attached hydrogens (tertiary/aromatic N) is 1. The summed E-state index contributed by atoms with van der Waals surface area (Å²) in [5, 5.41) is 0. The van der Waals surface area contributed by atoms with E-state index in [1.807, 2.05) is 6.08 Å². The molecule has 3 unspecified atom stereocenters. The summed E-state index contributed by atoms with van der Waals surface area (Å²) in [7, 11) is 0. The maximum absolute atomic E-state index is 14.9. The molecule has 2 aliphatic rings. The molecule has 0 radical (unpaired) electrons. The molecular formula is C23H29FN2O2. The summed E-state index contributed by atoms with van der Waals surface area (Å²) in [4.78, 5) is 17.5. The number of Topliss-reactive ketones (excluding diaryl/α,β-unsaturated/α-hetero) is 1. The summed E-state index contributed by atoms with van der Waals surface area (Å²) in [5.74, 6) is -0.698. The molecule has 1 saturated heterocycles. The first-order chi connectivity index (χ1) is 13.6. The molecule has 1 aliphatic carbocycles. The second kappa shape index (κ2) is 9.78. The van der Waals surface area contributed by atoms with E-state index >= 15 is 0 Å². The van der Waals surface area contributed by atoms with Gasteiger partial charge in [-0.1, -0.05) is 25.0 Å². The zero-order valence-electron chi connectivity index (χ0n) is 16.3. The van der Waals surface area contributed by atoms with E-state index in [1.165, 1.54) is 12.3 Å². The van der Waals surface area contributed by atoms with E-state index in [2.05, 4.69) is 11.6 Å². The van der Waals surface area contributed by atoms with Crippen molar-refractivity contribution in [1.82, 2.24) is 0 Å². The molecule has 3 atom stereocenters. The van der Waals surface area contributed by atoms with Crippen molar-refractivity contribution in [2.45, 2.75) is 51.2 Å². The highest BCUT2D eigenvalue weighted by Gasteiger charge is 2.31. The fraction of sp³-hybridized carbons (Fsp3) is 0.478. The number of ketones is 1. The summed E-state index contributed by atoms with van der Waals surface area (Å²) < 4.78 is 20.5. The molecule has 3 rings (SSSR count). The molecule has 5 heteroatoms. The van der Waals surface area contributed by atoms with Crippen molar-refractivity contribution >= 4 is 11.5 Å². The molecule has 1 aliphatic heterocycles. The maximum atomic E-state index is 14.9. The highest BCUT2D eigenvalue weighted by Crippen LogP contribution is 2.34. The zero-order chi connectivity index (χ0) is 19.9. The number of allylic oxidation sites excluding steroid dienone is 2. The molecule has 1 saturated carbocycles. The molecule has 28 heavy (non-hydrogen) atoms. The number of benzene rings is 1. The number of hydrogen-bond acceptors (Lipinski definition) is 4. The Bertz CT molecular complexity index is 766. The molecule has 2 fully saturated rings. The van der Waals surface area contributed by atoms with Crippen LogP contribution in [0.3, 0.4) is 0 Å². The largest absolute Gasteiger partial charge is 0.405 e. The average Bonchev–Trinajstić information content (AvgIpc) is 2.73. The van der Waals surface area contributed by atoms with Gasteiger partial charge in [0.05, 0.1) is 11.3 Å². The predicted molar refractivity (Wildman–Crippen MR) is 110 cm³/mol. The Balaban J connectivity index is 1.84. The van der Waals surface area contributed by atoms with Crippen LogP contribution >= 0.6 is 0 Å². The van der Waals surface area contributed by atoms with Crippen molar-refractivity contribution in [2.75, 3.05) is 6.61 Å². The van der Waals surface area contributed by atoms with Gasteiger partial charge in [0.15, 0.2) is 5.78 Å². The van der Waals surface area contributed by atoms with Crippen LogP contribution in [0, 0.1) is 17.7 Å². The van der Waals surface area contributed by atoms with Crippen LogP contribution in [0.1, 0.15) is 60.9 Å². The lowest BCUT2D eigenvalue weighted by molar-refractivity contribution is 0.0224. The topological polar surface area (TPSA) is 64.7 Å². The second-order valence-corrected chi connectivity index (χ2v) is 7.54. The van der Waals surface area contributed by atoms with Gasteiger partial charge in [0.1, 0.15) is 12.0 Å². The number of carbonyl (C=O) groups excluding carboxylic acids is 1. The van der Waals surface area contributed by atoms with Crippen LogP contribution in [0.4, 0.5) is 4.39 Å². The lowest BCUT2D eigenvalue weighted by atomic mass is 9.75. The van der Waals surface area contributed by atoms with Crippen molar-refractivity contribution in [3.05, 3.63) is 60.1 Å². The normalized spacial score (nSPS) is 26.3. The van der Waals surface area contributed by atoms with Crippen LogP contribution in [0.25, 0.3) is 0 Å². The van der Waals surface area contributed by atoms with Gasteiger partial charge in [-0.05, 0) is 62.4 Å². The van der Waals surface area contributed by atoms with Crippen LogP contribution in [0.2, 0.25) is 0 Å². The number of aliphatic imine (C=N–C) groups is 1. The summed E-state index contributed by atoms with van der Waals surface area (Å²) >= 11 is 0. The van der Waals surface area contributed by atoms with Gasteiger partial charge in [-0.15, -0.1) is 6.58 Å². The standard InChI is InChI=1S/C23H29FN2O2/c1-2-16-7-3-4-8-18(16)23(27)19-11-10-17(15-20(19)24)21(12-13-25)26-22-9-5-6-14-28-22/h2,10-13,15-16,18,22H,1,3-9,14,25H2. The fourth-order valence-corrected chi connectivity index (χ4v) is 4.13. The minimum atomic E-state index is -0.515. The lowest BCUT2D eigenvalue weighted by Crippen LogP contribution is -2.26. The Morgan fingerprint density at radius 1 is 1.21 bits per heavy atom. The van der Waals surface area contributed by atoms with Gasteiger partial charge < -0.3 is 10.5 Å². The Morgan fingerprint density at radius 2 is 2.00 bits per heavy atom. The van der Waals surface area contributed by atoms with Crippen molar-refractivity contribution in [2.24, 2.45) is 22.6 Å². The molecule has 150 valence electrons. The first-order valence-corrected chi connectivity index (χ1v) is 10.2. The highest BCUT2D eigenvalue weighted by molar-refractivity contribution is 6.09. The summed E-state index contributed by atoms with van der Waals surface area (Å²) in [6.45, 7) is 4.54. The number of rotatable bonds is 6. The molecule has 0 amide bonds. The number of carbonyl (C=O) groups is 1. The van der Waals surface area contributed by atoms with E-state index in [-0.39, 0.29) is 29.4 Å². The summed E-state index contributed by atoms with van der Waals surface area (Å²) in [5.41, 5.74) is 6.86. The maximum Gasteiger partial charge on any atom is 0.169 e. The van der Waals surface area contributed by atoms with Gasteiger partial charge in [-0.25, -0.2) is 4.39 Å². The van der Waals surface area contributed by atoms with Crippen molar-refractivity contribution in [1.29, 1.82) is 0 Å². The first kappa shape index (κ1) is 20.5. The molecule has 1 heterocycles. The lowest BCUT2D eigenvalue weighted by Gasteiger charge is -2.28. The zero-order valence-corrected chi connectivity index (χ0v) is 16.3. The number of hydrogen-bond donors (Lipinski definition) is 1. The molecular weight excluding hydrogens is 355 g/mol. The molecule has 0 aromatic heterocycles. The van der Waals surface area contributed by atoms with Gasteiger partial charge in [0.2, 0.25) is 0 Å². The highest BCUT2D eigenvalue weighted by atomic mass is 19.1. The minimum Gasteiger partial charge on any atom is -0.405 e.